The van der Waals surface area contributed by atoms with Crippen molar-refractivity contribution in [2.75, 3.05) is 19.6 Å². The number of rotatable bonds is 7. The summed E-state index contributed by atoms with van der Waals surface area (Å²) in [5.74, 6) is 5.61. The SMILES string of the molecule is CCN(CC)CCC(NN)c1cccc(Cl)c1. The molecule has 1 rings (SSSR count). The standard InChI is InChI=1S/C13H22ClN3/c1-3-17(4-2)9-8-13(16-15)11-6-5-7-12(14)10-11/h5-7,10,13,16H,3-4,8-9,15H2,1-2H3. The number of hydrogen-bond acceptors (Lipinski definition) is 3. The van der Waals surface area contributed by atoms with Crippen molar-refractivity contribution >= 4 is 11.6 Å². The minimum Gasteiger partial charge on any atom is -0.304 e. The molecule has 0 fully saturated rings. The van der Waals surface area contributed by atoms with Gasteiger partial charge in [0.2, 0.25) is 0 Å². The molecular weight excluding hydrogens is 234 g/mol. The Morgan fingerprint density at radius 1 is 1.35 bits per heavy atom. The number of benzene rings is 1. The van der Waals surface area contributed by atoms with E-state index in [2.05, 4.69) is 30.2 Å². The van der Waals surface area contributed by atoms with Crippen molar-refractivity contribution in [1.82, 2.24) is 10.3 Å². The van der Waals surface area contributed by atoms with Crippen LogP contribution in [0.2, 0.25) is 5.02 Å². The number of nitrogens with zero attached hydrogens (tertiary/aromatic N) is 1. The highest BCUT2D eigenvalue weighted by Gasteiger charge is 2.11. The van der Waals surface area contributed by atoms with E-state index in [9.17, 15) is 0 Å². The van der Waals surface area contributed by atoms with Gasteiger partial charge >= 0.3 is 0 Å². The van der Waals surface area contributed by atoms with Gasteiger partial charge in [0.15, 0.2) is 0 Å². The lowest BCUT2D eigenvalue weighted by atomic mass is 10.0. The van der Waals surface area contributed by atoms with Crippen molar-refractivity contribution in [3.8, 4) is 0 Å². The number of nitrogens with two attached hydrogens (primary N) is 1. The third-order valence-corrected chi connectivity index (χ3v) is 3.32. The molecule has 4 heteroatoms. The van der Waals surface area contributed by atoms with E-state index in [1.165, 1.54) is 0 Å². The van der Waals surface area contributed by atoms with Crippen molar-refractivity contribution < 1.29 is 0 Å². The third-order valence-electron chi connectivity index (χ3n) is 3.08. The molecule has 1 aromatic carbocycles. The Bertz CT molecular complexity index is 326. The maximum Gasteiger partial charge on any atom is 0.0472 e. The summed E-state index contributed by atoms with van der Waals surface area (Å²) in [7, 11) is 0. The van der Waals surface area contributed by atoms with Crippen molar-refractivity contribution in [1.29, 1.82) is 0 Å². The normalized spacial score (nSPS) is 13.0. The number of nitrogens with one attached hydrogen (secondary N) is 1. The summed E-state index contributed by atoms with van der Waals surface area (Å²) in [5, 5.41) is 0.755. The Balaban J connectivity index is 2.59. The Labute approximate surface area is 109 Å². The average molecular weight is 256 g/mol. The molecule has 1 aromatic rings. The van der Waals surface area contributed by atoms with Crippen LogP contribution in [-0.4, -0.2) is 24.5 Å². The summed E-state index contributed by atoms with van der Waals surface area (Å²) in [6.45, 7) is 7.53. The molecule has 0 aliphatic carbocycles. The molecule has 0 saturated carbocycles. The van der Waals surface area contributed by atoms with Crippen LogP contribution in [0.3, 0.4) is 0 Å². The zero-order valence-corrected chi connectivity index (χ0v) is 11.4. The summed E-state index contributed by atoms with van der Waals surface area (Å²) in [4.78, 5) is 2.38. The molecule has 3 nitrogen and oxygen atoms in total. The van der Waals surface area contributed by atoms with Gasteiger partial charge in [-0.3, -0.25) is 11.3 Å². The molecule has 0 amide bonds. The summed E-state index contributed by atoms with van der Waals surface area (Å²) >= 11 is 5.98. The van der Waals surface area contributed by atoms with E-state index in [0.717, 1.165) is 36.6 Å². The fraction of sp³-hybridized carbons (Fsp3) is 0.538. The molecule has 3 N–H and O–H groups in total. The second-order valence-corrected chi connectivity index (χ2v) is 4.53. The van der Waals surface area contributed by atoms with Crippen molar-refractivity contribution in [2.24, 2.45) is 5.84 Å². The van der Waals surface area contributed by atoms with Crippen LogP contribution in [0.1, 0.15) is 31.9 Å². The van der Waals surface area contributed by atoms with Gasteiger partial charge in [-0.2, -0.15) is 0 Å². The molecule has 0 aliphatic rings. The van der Waals surface area contributed by atoms with Crippen LogP contribution in [-0.2, 0) is 0 Å². The summed E-state index contributed by atoms with van der Waals surface area (Å²) in [6, 6.07) is 8.02. The van der Waals surface area contributed by atoms with Crippen LogP contribution >= 0.6 is 11.6 Å². The molecule has 0 bridgehead atoms. The Morgan fingerprint density at radius 2 is 2.06 bits per heavy atom. The van der Waals surface area contributed by atoms with Gasteiger partial charge < -0.3 is 4.90 Å². The molecule has 17 heavy (non-hydrogen) atoms. The molecule has 96 valence electrons. The van der Waals surface area contributed by atoms with E-state index in [0.29, 0.717) is 0 Å². The molecule has 1 atom stereocenters. The van der Waals surface area contributed by atoms with E-state index in [4.69, 9.17) is 17.4 Å². The molecular formula is C13H22ClN3. The molecule has 0 aliphatic heterocycles. The first-order valence-corrected chi connectivity index (χ1v) is 6.53. The van der Waals surface area contributed by atoms with Crippen molar-refractivity contribution in [3.63, 3.8) is 0 Å². The first-order chi connectivity index (χ1) is 8.21. The van der Waals surface area contributed by atoms with Gasteiger partial charge in [0.25, 0.3) is 0 Å². The lowest BCUT2D eigenvalue weighted by molar-refractivity contribution is 0.282. The predicted molar refractivity (Wildman–Crippen MR) is 73.9 cm³/mol. The van der Waals surface area contributed by atoms with Crippen LogP contribution in [0.25, 0.3) is 0 Å². The highest BCUT2D eigenvalue weighted by atomic mass is 35.5. The van der Waals surface area contributed by atoms with Crippen LogP contribution in [0, 0.1) is 0 Å². The van der Waals surface area contributed by atoms with Crippen molar-refractivity contribution in [3.05, 3.63) is 34.9 Å². The minimum absolute atomic E-state index is 0.161. The maximum atomic E-state index is 5.98. The monoisotopic (exact) mass is 255 g/mol. The lowest BCUT2D eigenvalue weighted by Crippen LogP contribution is -2.32. The number of hydrazine groups is 1. The van der Waals surface area contributed by atoms with E-state index in [-0.39, 0.29) is 6.04 Å². The number of hydrogen-bond donors (Lipinski definition) is 2. The molecule has 1 unspecified atom stereocenters. The first kappa shape index (κ1) is 14.5. The van der Waals surface area contributed by atoms with Gasteiger partial charge in [0.1, 0.15) is 0 Å². The Kier molecular flexibility index (Phi) is 6.52. The highest BCUT2D eigenvalue weighted by molar-refractivity contribution is 6.30. The predicted octanol–water partition coefficient (Wildman–Crippen LogP) is 2.58. The van der Waals surface area contributed by atoms with Crippen LogP contribution in [0.4, 0.5) is 0 Å². The van der Waals surface area contributed by atoms with Crippen LogP contribution in [0.5, 0.6) is 0 Å². The largest absolute Gasteiger partial charge is 0.304 e. The van der Waals surface area contributed by atoms with E-state index >= 15 is 0 Å². The Hall–Kier alpha value is -0.610. The summed E-state index contributed by atoms with van der Waals surface area (Å²) in [6.07, 6.45) is 0.985. The lowest BCUT2D eigenvalue weighted by Gasteiger charge is -2.22. The van der Waals surface area contributed by atoms with Crippen LogP contribution in [0.15, 0.2) is 24.3 Å². The molecule has 0 radical (unpaired) electrons. The molecule has 0 aromatic heterocycles. The van der Waals surface area contributed by atoms with Gasteiger partial charge in [-0.05, 0) is 43.8 Å². The zero-order chi connectivity index (χ0) is 12.7. The quantitative estimate of drug-likeness (QED) is 0.581. The topological polar surface area (TPSA) is 41.3 Å². The molecule has 0 spiro atoms. The van der Waals surface area contributed by atoms with E-state index < -0.39 is 0 Å². The summed E-state index contributed by atoms with van der Waals surface area (Å²) in [5.41, 5.74) is 4.01. The first-order valence-electron chi connectivity index (χ1n) is 6.15. The zero-order valence-electron chi connectivity index (χ0n) is 10.6. The fourth-order valence-corrected chi connectivity index (χ4v) is 2.12. The van der Waals surface area contributed by atoms with Gasteiger partial charge in [-0.1, -0.05) is 37.6 Å². The van der Waals surface area contributed by atoms with Crippen LogP contribution < -0.4 is 11.3 Å². The number of halogens is 1. The van der Waals surface area contributed by atoms with Crippen molar-refractivity contribution in [2.45, 2.75) is 26.3 Å². The Morgan fingerprint density at radius 3 is 2.59 bits per heavy atom. The fourth-order valence-electron chi connectivity index (χ4n) is 1.92. The highest BCUT2D eigenvalue weighted by Crippen LogP contribution is 2.20. The molecule has 0 heterocycles. The van der Waals surface area contributed by atoms with E-state index in [1.807, 2.05) is 18.2 Å². The maximum absolute atomic E-state index is 5.98. The smallest absolute Gasteiger partial charge is 0.0472 e. The molecule has 0 saturated heterocycles. The average Bonchev–Trinajstić information content (AvgIpc) is 2.35. The van der Waals surface area contributed by atoms with E-state index in [1.54, 1.807) is 0 Å². The van der Waals surface area contributed by atoms with Gasteiger partial charge in [-0.25, -0.2) is 0 Å². The van der Waals surface area contributed by atoms with Gasteiger partial charge in [-0.15, -0.1) is 0 Å². The second-order valence-electron chi connectivity index (χ2n) is 4.09. The van der Waals surface area contributed by atoms with Gasteiger partial charge in [0.05, 0.1) is 0 Å². The third kappa shape index (κ3) is 4.64. The summed E-state index contributed by atoms with van der Waals surface area (Å²) < 4.78 is 0. The minimum atomic E-state index is 0.161. The van der Waals surface area contributed by atoms with Gasteiger partial charge in [0, 0.05) is 11.1 Å². The second kappa shape index (κ2) is 7.67.